The lowest BCUT2D eigenvalue weighted by Gasteiger charge is -2.36. The highest BCUT2D eigenvalue weighted by atomic mass is 16.2. The first-order chi connectivity index (χ1) is 10.0. The standard InChI is InChI=1S/C15H17N3O3/c1-3-11-14(20)16-6-7-18(11)9-4-5-10-12(8-9)17(2)15(21)13(10)19/h4-5,8,11H,3,6-7H2,1-2H3,(H,16,20). The van der Waals surface area contributed by atoms with E-state index in [1.165, 1.54) is 4.90 Å². The van der Waals surface area contributed by atoms with Gasteiger partial charge in [-0.15, -0.1) is 0 Å². The third kappa shape index (κ3) is 1.98. The number of benzene rings is 1. The number of rotatable bonds is 2. The van der Waals surface area contributed by atoms with Crippen LogP contribution in [-0.2, 0) is 9.59 Å². The van der Waals surface area contributed by atoms with Crippen LogP contribution in [0.2, 0.25) is 0 Å². The fourth-order valence-corrected chi connectivity index (χ4v) is 2.97. The molecule has 2 aliphatic heterocycles. The Morgan fingerprint density at radius 1 is 1.29 bits per heavy atom. The van der Waals surface area contributed by atoms with Gasteiger partial charge in [0, 0.05) is 25.8 Å². The van der Waals surface area contributed by atoms with E-state index in [9.17, 15) is 14.4 Å². The molecule has 1 saturated heterocycles. The van der Waals surface area contributed by atoms with Crippen molar-refractivity contribution in [3.63, 3.8) is 0 Å². The molecule has 0 aliphatic carbocycles. The van der Waals surface area contributed by atoms with Gasteiger partial charge in [-0.1, -0.05) is 6.92 Å². The van der Waals surface area contributed by atoms with Gasteiger partial charge in [-0.05, 0) is 24.6 Å². The number of likely N-dealkylation sites (N-methyl/N-ethyl adjacent to an activating group) is 1. The summed E-state index contributed by atoms with van der Waals surface area (Å²) in [6.45, 7) is 3.28. The predicted molar refractivity (Wildman–Crippen MR) is 78.6 cm³/mol. The van der Waals surface area contributed by atoms with Crippen LogP contribution in [0.5, 0.6) is 0 Å². The molecule has 0 spiro atoms. The zero-order valence-corrected chi connectivity index (χ0v) is 12.0. The molecular formula is C15H17N3O3. The van der Waals surface area contributed by atoms with Crippen molar-refractivity contribution >= 4 is 29.0 Å². The van der Waals surface area contributed by atoms with Gasteiger partial charge >= 0.3 is 0 Å². The number of Topliss-reactive ketones (excluding diaryl/α,β-unsaturated/α-hetero) is 1. The maximum atomic E-state index is 11.9. The van der Waals surface area contributed by atoms with Crippen LogP contribution in [0.1, 0.15) is 23.7 Å². The van der Waals surface area contributed by atoms with E-state index in [2.05, 4.69) is 5.32 Å². The quantitative estimate of drug-likeness (QED) is 0.807. The summed E-state index contributed by atoms with van der Waals surface area (Å²) >= 11 is 0. The van der Waals surface area contributed by atoms with E-state index in [0.717, 1.165) is 5.69 Å². The van der Waals surface area contributed by atoms with Crippen LogP contribution < -0.4 is 15.1 Å². The number of amides is 2. The molecule has 0 aromatic heterocycles. The molecule has 0 bridgehead atoms. The largest absolute Gasteiger partial charge is 0.358 e. The van der Waals surface area contributed by atoms with Gasteiger partial charge in [0.1, 0.15) is 6.04 Å². The summed E-state index contributed by atoms with van der Waals surface area (Å²) in [5.41, 5.74) is 1.91. The maximum Gasteiger partial charge on any atom is 0.299 e. The van der Waals surface area contributed by atoms with E-state index in [-0.39, 0.29) is 11.9 Å². The second kappa shape index (κ2) is 4.87. The number of carbonyl (C=O) groups is 3. The number of hydrogen-bond donors (Lipinski definition) is 1. The minimum Gasteiger partial charge on any atom is -0.358 e. The van der Waals surface area contributed by atoms with E-state index in [4.69, 9.17) is 0 Å². The lowest BCUT2D eigenvalue weighted by molar-refractivity contribution is -0.123. The molecular weight excluding hydrogens is 270 g/mol. The van der Waals surface area contributed by atoms with Crippen LogP contribution in [-0.4, -0.2) is 43.8 Å². The van der Waals surface area contributed by atoms with Crippen LogP contribution in [0, 0.1) is 0 Å². The minimum atomic E-state index is -0.509. The average Bonchev–Trinajstić information content (AvgIpc) is 2.71. The lowest BCUT2D eigenvalue weighted by Crippen LogP contribution is -2.55. The van der Waals surface area contributed by atoms with Crippen LogP contribution >= 0.6 is 0 Å². The highest BCUT2D eigenvalue weighted by Crippen LogP contribution is 2.33. The molecule has 1 unspecified atom stereocenters. The first kappa shape index (κ1) is 13.6. The number of hydrogen-bond acceptors (Lipinski definition) is 4. The number of fused-ring (bicyclic) bond motifs is 1. The molecule has 3 rings (SSSR count). The van der Waals surface area contributed by atoms with Crippen molar-refractivity contribution < 1.29 is 14.4 Å². The third-order valence-corrected chi connectivity index (χ3v) is 4.14. The van der Waals surface area contributed by atoms with Crippen molar-refractivity contribution in [1.29, 1.82) is 0 Å². The monoisotopic (exact) mass is 287 g/mol. The van der Waals surface area contributed by atoms with Crippen LogP contribution in [0.15, 0.2) is 18.2 Å². The average molecular weight is 287 g/mol. The summed E-state index contributed by atoms with van der Waals surface area (Å²) in [5.74, 6) is -0.960. The molecule has 2 aliphatic rings. The van der Waals surface area contributed by atoms with Gasteiger partial charge in [-0.2, -0.15) is 0 Å². The second-order valence-corrected chi connectivity index (χ2v) is 5.30. The minimum absolute atomic E-state index is 0.0183. The summed E-state index contributed by atoms with van der Waals surface area (Å²) in [5, 5.41) is 2.86. The van der Waals surface area contributed by atoms with Gasteiger partial charge < -0.3 is 15.1 Å². The molecule has 21 heavy (non-hydrogen) atoms. The van der Waals surface area contributed by atoms with Crippen molar-refractivity contribution in [3.05, 3.63) is 23.8 Å². The molecule has 1 aromatic carbocycles. The van der Waals surface area contributed by atoms with E-state index in [0.29, 0.717) is 30.8 Å². The molecule has 110 valence electrons. The Balaban J connectivity index is 2.00. The SMILES string of the molecule is CCC1C(=O)NCCN1c1ccc2c(c1)N(C)C(=O)C2=O. The van der Waals surface area contributed by atoms with Crippen LogP contribution in [0.4, 0.5) is 11.4 Å². The van der Waals surface area contributed by atoms with Gasteiger partial charge in [0.15, 0.2) is 0 Å². The van der Waals surface area contributed by atoms with Crippen molar-refractivity contribution in [2.45, 2.75) is 19.4 Å². The van der Waals surface area contributed by atoms with Crippen LogP contribution in [0.3, 0.4) is 0 Å². The number of piperazine rings is 1. The van der Waals surface area contributed by atoms with Gasteiger partial charge in [0.25, 0.3) is 11.7 Å². The fourth-order valence-electron chi connectivity index (χ4n) is 2.97. The summed E-state index contributed by atoms with van der Waals surface area (Å²) in [6.07, 6.45) is 0.705. The topological polar surface area (TPSA) is 69.7 Å². The lowest BCUT2D eigenvalue weighted by atomic mass is 10.1. The van der Waals surface area contributed by atoms with Gasteiger partial charge in [-0.25, -0.2) is 0 Å². The Morgan fingerprint density at radius 2 is 2.05 bits per heavy atom. The summed E-state index contributed by atoms with van der Waals surface area (Å²) in [7, 11) is 1.59. The van der Waals surface area contributed by atoms with Crippen molar-refractivity contribution in [2.24, 2.45) is 0 Å². The number of anilines is 2. The Labute approximate surface area is 122 Å². The first-order valence-corrected chi connectivity index (χ1v) is 7.05. The van der Waals surface area contributed by atoms with Crippen LogP contribution in [0.25, 0.3) is 0 Å². The molecule has 1 fully saturated rings. The first-order valence-electron chi connectivity index (χ1n) is 7.05. The molecule has 0 radical (unpaired) electrons. The second-order valence-electron chi connectivity index (χ2n) is 5.30. The Bertz CT molecular complexity index is 641. The van der Waals surface area contributed by atoms with Crippen molar-refractivity contribution in [1.82, 2.24) is 5.32 Å². The Kier molecular flexibility index (Phi) is 3.16. The highest BCUT2D eigenvalue weighted by molar-refractivity contribution is 6.52. The number of carbonyl (C=O) groups excluding carboxylic acids is 3. The maximum absolute atomic E-state index is 11.9. The molecule has 2 heterocycles. The molecule has 6 nitrogen and oxygen atoms in total. The van der Waals surface area contributed by atoms with Crippen molar-refractivity contribution in [2.75, 3.05) is 29.9 Å². The van der Waals surface area contributed by atoms with E-state index in [1.54, 1.807) is 13.1 Å². The number of ketones is 1. The number of nitrogens with zero attached hydrogens (tertiary/aromatic N) is 2. The molecule has 1 N–H and O–H groups in total. The highest BCUT2D eigenvalue weighted by Gasteiger charge is 2.35. The van der Waals surface area contributed by atoms with Gasteiger partial charge in [-0.3, -0.25) is 14.4 Å². The van der Waals surface area contributed by atoms with Gasteiger partial charge in [0.2, 0.25) is 5.91 Å². The molecule has 6 heteroatoms. The Morgan fingerprint density at radius 3 is 2.76 bits per heavy atom. The summed E-state index contributed by atoms with van der Waals surface area (Å²) < 4.78 is 0. The van der Waals surface area contributed by atoms with E-state index >= 15 is 0 Å². The fraction of sp³-hybridized carbons (Fsp3) is 0.400. The van der Waals surface area contributed by atoms with E-state index < -0.39 is 11.7 Å². The normalized spacial score (nSPS) is 21.6. The molecule has 2 amide bonds. The predicted octanol–water partition coefficient (Wildman–Crippen LogP) is 0.560. The molecule has 0 saturated carbocycles. The van der Waals surface area contributed by atoms with Crippen molar-refractivity contribution in [3.8, 4) is 0 Å². The Hall–Kier alpha value is -2.37. The van der Waals surface area contributed by atoms with Gasteiger partial charge in [0.05, 0.1) is 11.3 Å². The molecule has 1 aromatic rings. The summed E-state index contributed by atoms with van der Waals surface area (Å²) in [6, 6.07) is 5.09. The molecule has 1 atom stereocenters. The summed E-state index contributed by atoms with van der Waals surface area (Å²) in [4.78, 5) is 38.9. The number of nitrogens with one attached hydrogen (secondary N) is 1. The third-order valence-electron chi connectivity index (χ3n) is 4.14. The zero-order chi connectivity index (χ0) is 15.1. The van der Waals surface area contributed by atoms with E-state index in [1.807, 2.05) is 24.0 Å². The zero-order valence-electron chi connectivity index (χ0n) is 12.0. The smallest absolute Gasteiger partial charge is 0.299 e.